The zero-order chi connectivity index (χ0) is 20.4. The van der Waals surface area contributed by atoms with Crippen molar-refractivity contribution in [3.05, 3.63) is 11.9 Å². The van der Waals surface area contributed by atoms with Crippen molar-refractivity contribution in [3.8, 4) is 0 Å². The summed E-state index contributed by atoms with van der Waals surface area (Å²) in [5, 5.41) is 0. The van der Waals surface area contributed by atoms with Gasteiger partial charge in [-0.25, -0.2) is 4.79 Å². The van der Waals surface area contributed by atoms with Crippen LogP contribution in [0.3, 0.4) is 0 Å². The molecule has 0 aromatic carbocycles. The number of cyclic esters (lactones) is 2. The Labute approximate surface area is 211 Å². The minimum atomic E-state index is -0.537. The monoisotopic (exact) mass is 411 g/mol. The summed E-state index contributed by atoms with van der Waals surface area (Å²) >= 11 is 0. The molecular weight excluding hydrogens is 367 g/mol. The predicted octanol–water partition coefficient (Wildman–Crippen LogP) is 4.45. The summed E-state index contributed by atoms with van der Waals surface area (Å²) in [4.78, 5) is 11.1. The molecule has 5 nitrogen and oxygen atoms in total. The van der Waals surface area contributed by atoms with Crippen LogP contribution in [-0.4, -0.2) is 24.9 Å². The number of rotatable bonds is 1. The molecule has 1 rings (SSSR count). The van der Waals surface area contributed by atoms with E-state index >= 15 is 0 Å². The molecule has 1 heterocycles. The molecule has 0 amide bonds. The fourth-order valence-corrected chi connectivity index (χ4v) is 3.53. The van der Waals surface area contributed by atoms with Crippen LogP contribution < -0.4 is 51.4 Å². The van der Waals surface area contributed by atoms with Gasteiger partial charge in [0.2, 0.25) is 0 Å². The van der Waals surface area contributed by atoms with E-state index in [1.54, 1.807) is 0 Å². The molecule has 1 fully saturated rings. The van der Waals surface area contributed by atoms with Gasteiger partial charge in [0.15, 0.2) is 0 Å². The first-order chi connectivity index (χ1) is 10.8. The molecule has 1 saturated heterocycles. The van der Waals surface area contributed by atoms with Gasteiger partial charge in [-0.05, 0) is 10.8 Å². The topological polar surface area (TPSA) is 92.8 Å². The van der Waals surface area contributed by atoms with Gasteiger partial charge >= 0.3 is 57.5 Å². The van der Waals surface area contributed by atoms with E-state index in [0.29, 0.717) is 12.5 Å². The first-order valence-corrected chi connectivity index (χ1v) is 9.33. The van der Waals surface area contributed by atoms with Crippen molar-refractivity contribution in [2.45, 2.75) is 95.3 Å². The zero-order valence-corrected chi connectivity index (χ0v) is 23.4. The minimum absolute atomic E-state index is 0. The molecule has 0 aliphatic carbocycles. The summed E-state index contributed by atoms with van der Waals surface area (Å²) in [6.07, 6.45) is -0.852. The van der Waals surface area contributed by atoms with Crippen molar-refractivity contribution in [1.29, 1.82) is 0 Å². The molecule has 1 aliphatic heterocycles. The Morgan fingerprint density at radius 1 is 0.778 bits per heavy atom. The molecule has 27 heavy (non-hydrogen) atoms. The average molecular weight is 412 g/mol. The molecule has 3 N–H and O–H groups in total. The van der Waals surface area contributed by atoms with Crippen molar-refractivity contribution >= 4 is 6.16 Å². The van der Waals surface area contributed by atoms with Crippen LogP contribution in [0.15, 0.2) is 0 Å². The third kappa shape index (κ3) is 11.0. The van der Waals surface area contributed by atoms with Crippen molar-refractivity contribution in [1.82, 2.24) is 0 Å². The Kier molecular flexibility index (Phi) is 13.6. The number of ether oxygens (including phenoxy) is 2. The van der Waals surface area contributed by atoms with Crippen molar-refractivity contribution in [2.24, 2.45) is 27.6 Å². The molecule has 0 aromatic rings. The van der Waals surface area contributed by atoms with E-state index in [9.17, 15) is 4.79 Å². The number of nitrogens with two attached hydrogens (primary N) is 1. The van der Waals surface area contributed by atoms with E-state index in [4.69, 9.17) is 15.2 Å². The van der Waals surface area contributed by atoms with Crippen LogP contribution in [0, 0.1) is 27.6 Å². The van der Waals surface area contributed by atoms with Gasteiger partial charge in [0.25, 0.3) is 0 Å². The summed E-state index contributed by atoms with van der Waals surface area (Å²) in [6.45, 7) is 26.2. The molecule has 0 bridgehead atoms. The molecule has 1 aliphatic rings. The van der Waals surface area contributed by atoms with E-state index in [1.807, 2.05) is 0 Å². The van der Waals surface area contributed by atoms with E-state index < -0.39 is 6.16 Å². The Bertz CT molecular complexity index is 402. The van der Waals surface area contributed by atoms with Crippen LogP contribution in [0.25, 0.3) is 11.9 Å². The normalized spacial score (nSPS) is 20.6. The molecule has 0 radical (unpaired) electrons. The molecule has 6 heteroatoms. The van der Waals surface area contributed by atoms with Gasteiger partial charge in [0.1, 0.15) is 12.2 Å². The average Bonchev–Trinajstić information content (AvgIpc) is 2.68. The Balaban J connectivity index is -0.000000408. The van der Waals surface area contributed by atoms with E-state index in [1.165, 1.54) is 0 Å². The molecular formula is C21H44KN2O3-. The number of carbonyl (C=O) groups excluding carboxylic acids is 1. The standard InChI is InChI=1S/C11H20O3.C10H22N.K.H2N/c1-10(2,3)7-8(11(4,5)6)14-9(12)13-7;1-9(2,3)8(7-11)10(4,5)6;;/h7-8H,1-6H3;8,11H,7H2,1-6H3;;1H2/q;-1;+1;-1. The molecule has 0 spiro atoms. The summed E-state index contributed by atoms with van der Waals surface area (Å²) in [7, 11) is 0. The SMILES string of the molecule is CC(C)(C)C(C[NH-])C(C)(C)C.CC(C)(C)C1OC(=O)OC1C(C)(C)C.[K+].[NH2-]. The summed E-state index contributed by atoms with van der Waals surface area (Å²) in [5.74, 6) is 0.481. The number of hydrogen-bond donors (Lipinski definition) is 0. The van der Waals surface area contributed by atoms with Crippen LogP contribution in [-0.2, 0) is 9.47 Å². The maximum absolute atomic E-state index is 11.1. The van der Waals surface area contributed by atoms with Crippen LogP contribution in [0.4, 0.5) is 4.79 Å². The van der Waals surface area contributed by atoms with Gasteiger partial charge in [-0.15, -0.1) is 6.54 Å². The van der Waals surface area contributed by atoms with E-state index in [2.05, 4.69) is 83.1 Å². The maximum Gasteiger partial charge on any atom is 1.00 e. The second-order valence-corrected chi connectivity index (χ2v) is 11.5. The van der Waals surface area contributed by atoms with Crippen LogP contribution in [0.5, 0.6) is 0 Å². The number of carbonyl (C=O) groups is 1. The third-order valence-corrected chi connectivity index (χ3v) is 4.72. The molecule has 0 saturated carbocycles. The summed E-state index contributed by atoms with van der Waals surface area (Å²) in [5.41, 5.74) is 7.84. The van der Waals surface area contributed by atoms with Gasteiger partial charge < -0.3 is 21.4 Å². The first-order valence-electron chi connectivity index (χ1n) is 9.33. The van der Waals surface area contributed by atoms with Gasteiger partial charge in [-0.1, -0.05) is 89.0 Å². The van der Waals surface area contributed by atoms with E-state index in [-0.39, 0.29) is 91.4 Å². The van der Waals surface area contributed by atoms with Gasteiger partial charge in [0, 0.05) is 10.8 Å². The third-order valence-electron chi connectivity index (χ3n) is 4.72. The van der Waals surface area contributed by atoms with Crippen molar-refractivity contribution in [2.75, 3.05) is 6.54 Å². The Hall–Kier alpha value is 0.826. The van der Waals surface area contributed by atoms with Gasteiger partial charge in [-0.3, -0.25) is 0 Å². The summed E-state index contributed by atoms with van der Waals surface area (Å²) < 4.78 is 10.4. The quantitative estimate of drug-likeness (QED) is 0.471. The van der Waals surface area contributed by atoms with Crippen LogP contribution >= 0.6 is 0 Å². The maximum atomic E-state index is 11.1. The molecule has 2 atom stereocenters. The zero-order valence-electron chi connectivity index (χ0n) is 20.2. The van der Waals surface area contributed by atoms with Gasteiger partial charge in [-0.2, -0.15) is 0 Å². The molecule has 158 valence electrons. The Morgan fingerprint density at radius 2 is 1.04 bits per heavy atom. The fourth-order valence-electron chi connectivity index (χ4n) is 3.53. The van der Waals surface area contributed by atoms with E-state index in [0.717, 1.165) is 0 Å². The largest absolute Gasteiger partial charge is 1.00 e. The minimum Gasteiger partial charge on any atom is -0.693 e. The van der Waals surface area contributed by atoms with Crippen LogP contribution in [0.1, 0.15) is 83.1 Å². The number of hydrogen-bond acceptors (Lipinski definition) is 3. The van der Waals surface area contributed by atoms with Crippen molar-refractivity contribution in [3.63, 3.8) is 0 Å². The molecule has 0 aromatic heterocycles. The fraction of sp³-hybridized carbons (Fsp3) is 0.952. The number of nitrogens with one attached hydrogen (secondary N) is 1. The predicted molar refractivity (Wildman–Crippen MR) is 111 cm³/mol. The molecule has 2 unspecified atom stereocenters. The van der Waals surface area contributed by atoms with Crippen molar-refractivity contribution < 1.29 is 65.7 Å². The smallest absolute Gasteiger partial charge is 0.693 e. The Morgan fingerprint density at radius 3 is 1.15 bits per heavy atom. The second kappa shape index (κ2) is 11.3. The van der Waals surface area contributed by atoms with Crippen LogP contribution in [0.2, 0.25) is 0 Å². The van der Waals surface area contributed by atoms with Gasteiger partial charge in [0.05, 0.1) is 0 Å². The first kappa shape index (κ1) is 32.5. The summed E-state index contributed by atoms with van der Waals surface area (Å²) in [6, 6.07) is 0. The second-order valence-electron chi connectivity index (χ2n) is 11.5.